The van der Waals surface area contributed by atoms with Gasteiger partial charge in [0.15, 0.2) is 5.82 Å². The van der Waals surface area contributed by atoms with Crippen LogP contribution in [0.25, 0.3) is 11.5 Å². The van der Waals surface area contributed by atoms with Crippen LogP contribution in [0, 0.1) is 5.41 Å². The summed E-state index contributed by atoms with van der Waals surface area (Å²) in [5.41, 5.74) is 3.34. The Morgan fingerprint density at radius 2 is 1.94 bits per heavy atom. The Morgan fingerprint density at radius 3 is 2.58 bits per heavy atom. The van der Waals surface area contributed by atoms with Crippen LogP contribution in [-0.4, -0.2) is 32.4 Å². The van der Waals surface area contributed by atoms with Crippen molar-refractivity contribution in [2.75, 3.05) is 5.32 Å². The molecule has 3 N–H and O–H groups in total. The third-order valence-electron chi connectivity index (χ3n) is 5.86. The second kappa shape index (κ2) is 8.45. The van der Waals surface area contributed by atoms with Crippen LogP contribution in [0.15, 0.2) is 16.2 Å². The van der Waals surface area contributed by atoms with Crippen LogP contribution in [0.3, 0.4) is 0 Å². The number of nitrogens with zero attached hydrogens (tertiary/aromatic N) is 2. The van der Waals surface area contributed by atoms with Crippen molar-refractivity contribution in [2.24, 2.45) is 5.41 Å². The molecule has 0 spiro atoms. The summed E-state index contributed by atoms with van der Waals surface area (Å²) in [6, 6.07) is 0. The van der Waals surface area contributed by atoms with Crippen LogP contribution in [0.2, 0.25) is 0 Å². The maximum atomic E-state index is 12.9. The highest BCUT2D eigenvalue weighted by molar-refractivity contribution is 7.17. The number of hydrogen-bond donors (Lipinski definition) is 3. The van der Waals surface area contributed by atoms with Gasteiger partial charge in [-0.05, 0) is 62.3 Å². The number of carbonyl (C=O) groups is 2. The van der Waals surface area contributed by atoms with Crippen molar-refractivity contribution in [1.82, 2.24) is 10.1 Å². The van der Waals surface area contributed by atoms with Crippen LogP contribution < -0.4 is 5.32 Å². The van der Waals surface area contributed by atoms with Crippen LogP contribution in [-0.2, 0) is 17.6 Å². The Labute approximate surface area is 184 Å². The number of carboxylic acid groups (broad SMARTS) is 2. The van der Waals surface area contributed by atoms with E-state index < -0.39 is 6.16 Å². The van der Waals surface area contributed by atoms with Gasteiger partial charge in [0.1, 0.15) is 5.00 Å². The Morgan fingerprint density at radius 1 is 1.23 bits per heavy atom. The van der Waals surface area contributed by atoms with Crippen LogP contribution in [0.4, 0.5) is 9.80 Å². The third-order valence-corrected chi connectivity index (χ3v) is 7.07. The Balaban J connectivity index is 0.000000535. The largest absolute Gasteiger partial charge is 0.503 e. The summed E-state index contributed by atoms with van der Waals surface area (Å²) in [6.07, 6.45) is 8.80. The summed E-state index contributed by atoms with van der Waals surface area (Å²) < 4.78 is 5.64. The van der Waals surface area contributed by atoms with E-state index in [-0.39, 0.29) is 11.3 Å². The lowest BCUT2D eigenvalue weighted by atomic mass is 9.89. The number of aromatic nitrogens is 2. The summed E-state index contributed by atoms with van der Waals surface area (Å²) >= 11 is 1.69. The lowest BCUT2D eigenvalue weighted by molar-refractivity contribution is -0.113. The van der Waals surface area contributed by atoms with Gasteiger partial charge in [-0.2, -0.15) is 4.98 Å². The van der Waals surface area contributed by atoms with E-state index in [0.29, 0.717) is 11.8 Å². The monoisotopic (exact) mass is 445 g/mol. The number of carbonyl (C=O) groups excluding carboxylic acids is 1. The molecular weight excluding hydrogens is 418 g/mol. The van der Waals surface area contributed by atoms with Crippen LogP contribution in [0.1, 0.15) is 74.6 Å². The maximum Gasteiger partial charge on any atom is 0.503 e. The Hall–Kier alpha value is -2.68. The molecule has 0 atom stereocenters. The van der Waals surface area contributed by atoms with E-state index in [4.69, 9.17) is 19.5 Å². The van der Waals surface area contributed by atoms with Gasteiger partial charge >= 0.3 is 6.16 Å². The predicted molar refractivity (Wildman–Crippen MR) is 117 cm³/mol. The Kier molecular flexibility index (Phi) is 5.88. The Bertz CT molecular complexity index is 1030. The molecule has 0 radical (unpaired) electrons. The highest BCUT2D eigenvalue weighted by atomic mass is 32.1. The van der Waals surface area contributed by atoms with Crippen LogP contribution in [0.5, 0.6) is 0 Å². The quantitative estimate of drug-likeness (QED) is 0.570. The van der Waals surface area contributed by atoms with Crippen LogP contribution >= 0.6 is 11.3 Å². The smallest absolute Gasteiger partial charge is 0.450 e. The summed E-state index contributed by atoms with van der Waals surface area (Å²) in [5.74, 6) is 1.87. The summed E-state index contributed by atoms with van der Waals surface area (Å²) in [7, 11) is 0. The lowest BCUT2D eigenvalue weighted by Gasteiger charge is -2.16. The number of aryl methyl sites for hydroxylation is 1. The van der Waals surface area contributed by atoms with Gasteiger partial charge in [0.05, 0.1) is 5.56 Å². The summed E-state index contributed by atoms with van der Waals surface area (Å²) in [6.45, 7) is 4.41. The van der Waals surface area contributed by atoms with Gasteiger partial charge in [-0.1, -0.05) is 25.1 Å². The van der Waals surface area contributed by atoms with E-state index in [1.54, 1.807) is 11.3 Å². The second-order valence-electron chi connectivity index (χ2n) is 9.16. The number of allylic oxidation sites excluding steroid dienone is 1. The van der Waals surface area contributed by atoms with Gasteiger partial charge in [0.25, 0.3) is 11.8 Å². The van der Waals surface area contributed by atoms with Crippen molar-refractivity contribution in [1.29, 1.82) is 0 Å². The first-order chi connectivity index (χ1) is 14.7. The van der Waals surface area contributed by atoms with Gasteiger partial charge in [-0.15, -0.1) is 11.3 Å². The topological polar surface area (TPSA) is 126 Å². The van der Waals surface area contributed by atoms with Gasteiger partial charge in [0.2, 0.25) is 0 Å². The first-order valence-corrected chi connectivity index (χ1v) is 11.5. The molecule has 2 aromatic heterocycles. The average Bonchev–Trinajstić information content (AvgIpc) is 3.15. The zero-order valence-corrected chi connectivity index (χ0v) is 18.5. The van der Waals surface area contributed by atoms with Crippen molar-refractivity contribution in [3.63, 3.8) is 0 Å². The van der Waals surface area contributed by atoms with Gasteiger partial charge in [-0.25, -0.2) is 4.79 Å². The van der Waals surface area contributed by atoms with Crippen molar-refractivity contribution in [2.45, 2.75) is 71.1 Å². The first kappa shape index (κ1) is 21.5. The normalized spacial score (nSPS) is 19.1. The molecule has 0 aromatic carbocycles. The number of rotatable bonds is 4. The molecule has 5 rings (SSSR count). The van der Waals surface area contributed by atoms with E-state index in [2.05, 4.69) is 35.4 Å². The van der Waals surface area contributed by atoms with E-state index in [0.717, 1.165) is 60.5 Å². The number of nitrogens with one attached hydrogen (secondary N) is 1. The zero-order valence-electron chi connectivity index (χ0n) is 17.7. The van der Waals surface area contributed by atoms with E-state index in [9.17, 15) is 4.79 Å². The molecule has 9 heteroatoms. The molecule has 1 saturated carbocycles. The van der Waals surface area contributed by atoms with E-state index >= 15 is 0 Å². The van der Waals surface area contributed by atoms with Gasteiger partial charge < -0.3 is 20.1 Å². The minimum Gasteiger partial charge on any atom is -0.450 e. The van der Waals surface area contributed by atoms with Crippen molar-refractivity contribution in [3.05, 3.63) is 27.9 Å². The molecule has 1 amide bonds. The fraction of sp³-hybridized carbons (Fsp3) is 0.545. The molecule has 3 aliphatic carbocycles. The molecular formula is C22H27N3O5S. The molecule has 0 bridgehead atoms. The van der Waals surface area contributed by atoms with Crippen molar-refractivity contribution >= 4 is 28.4 Å². The summed E-state index contributed by atoms with van der Waals surface area (Å²) in [4.78, 5) is 27.5. The number of hydrogen-bond acceptors (Lipinski definition) is 6. The predicted octanol–water partition coefficient (Wildman–Crippen LogP) is 5.46. The number of amides is 1. The molecule has 3 aliphatic rings. The number of anilines is 1. The molecule has 1 fully saturated rings. The molecule has 2 heterocycles. The average molecular weight is 446 g/mol. The highest BCUT2D eigenvalue weighted by Crippen LogP contribution is 2.46. The fourth-order valence-electron chi connectivity index (χ4n) is 4.14. The molecule has 0 aliphatic heterocycles. The minimum atomic E-state index is -1.83. The summed E-state index contributed by atoms with van der Waals surface area (Å²) in [5, 5.41) is 22.2. The van der Waals surface area contributed by atoms with Crippen molar-refractivity contribution < 1.29 is 24.3 Å². The standard InChI is InChI=1S/C21H25N3O2S.CH2O3/c1-21(2)10-9-13(11-21)18(25)23-20-16(14-5-3-4-6-15(14)27-20)19-22-17(24-26-19)12-7-8-12;2-1(3)4/h9,12H,3-8,10-11H2,1-2H3,(H,23,25);(H2,2,3,4). The number of thiophene rings is 1. The minimum absolute atomic E-state index is 0.0161. The van der Waals surface area contributed by atoms with Gasteiger partial charge in [-0.3, -0.25) is 4.79 Å². The second-order valence-corrected chi connectivity index (χ2v) is 10.3. The molecule has 8 nitrogen and oxygen atoms in total. The molecule has 166 valence electrons. The lowest BCUT2D eigenvalue weighted by Crippen LogP contribution is -2.15. The SMILES string of the molecule is CC1(C)CC=C(C(=O)Nc2sc3c(c2-c2nc(C4CC4)no2)CCCC3)C1.O=C(O)O. The molecule has 0 saturated heterocycles. The molecule has 0 unspecified atom stereocenters. The number of fused-ring (bicyclic) bond motifs is 1. The van der Waals surface area contributed by atoms with E-state index in [1.807, 2.05) is 0 Å². The third kappa shape index (κ3) is 4.98. The van der Waals surface area contributed by atoms with Crippen molar-refractivity contribution in [3.8, 4) is 11.5 Å². The highest BCUT2D eigenvalue weighted by Gasteiger charge is 2.33. The zero-order chi connectivity index (χ0) is 22.2. The van der Waals surface area contributed by atoms with Gasteiger partial charge in [0, 0.05) is 16.4 Å². The first-order valence-electron chi connectivity index (χ1n) is 10.6. The fourth-order valence-corrected chi connectivity index (χ4v) is 5.42. The molecule has 2 aromatic rings. The van der Waals surface area contributed by atoms with E-state index in [1.165, 1.54) is 23.3 Å². The maximum absolute atomic E-state index is 12.9. The molecule has 31 heavy (non-hydrogen) atoms.